The van der Waals surface area contributed by atoms with Crippen molar-refractivity contribution in [1.82, 2.24) is 0 Å². The molecule has 0 radical (unpaired) electrons. The van der Waals surface area contributed by atoms with Crippen molar-refractivity contribution in [2.24, 2.45) is 0 Å². The van der Waals surface area contributed by atoms with Crippen LogP contribution in [0.15, 0.2) is 34.8 Å². The number of benzene rings is 2. The maximum atomic E-state index is 13.2. The molecule has 2 aromatic carbocycles. The highest BCUT2D eigenvalue weighted by molar-refractivity contribution is 9.10. The lowest BCUT2D eigenvalue weighted by Crippen LogP contribution is -1.99. The molecule has 0 saturated carbocycles. The third-order valence-corrected chi connectivity index (χ3v) is 3.33. The first-order chi connectivity index (χ1) is 8.47. The second kappa shape index (κ2) is 5.16. The molecule has 3 N–H and O–H groups in total. The molecule has 0 fully saturated rings. The Morgan fingerprint density at radius 3 is 2.61 bits per heavy atom. The van der Waals surface area contributed by atoms with E-state index in [1.54, 1.807) is 0 Å². The van der Waals surface area contributed by atoms with Gasteiger partial charge >= 0.3 is 0 Å². The quantitative estimate of drug-likeness (QED) is 0.771. The molecule has 0 aliphatic rings. The number of aryl methyl sites for hydroxylation is 1. The first kappa shape index (κ1) is 13.2. The molecule has 0 spiro atoms. The van der Waals surface area contributed by atoms with Crippen molar-refractivity contribution in [2.45, 2.75) is 6.92 Å². The van der Waals surface area contributed by atoms with E-state index in [0.717, 1.165) is 15.7 Å². The minimum atomic E-state index is -0.521. The number of hydrogen-bond acceptors (Lipinski definition) is 2. The second-order valence-electron chi connectivity index (χ2n) is 3.94. The van der Waals surface area contributed by atoms with Crippen LogP contribution in [0.5, 0.6) is 0 Å². The van der Waals surface area contributed by atoms with Gasteiger partial charge in [0.2, 0.25) is 0 Å². The van der Waals surface area contributed by atoms with E-state index in [2.05, 4.69) is 21.2 Å². The Bertz CT molecular complexity index is 602. The van der Waals surface area contributed by atoms with Crippen molar-refractivity contribution in [3.8, 4) is 0 Å². The summed E-state index contributed by atoms with van der Waals surface area (Å²) in [5.74, 6) is -0.521. The lowest BCUT2D eigenvalue weighted by Gasteiger charge is -2.12. The number of nitrogens with one attached hydrogen (secondary N) is 1. The van der Waals surface area contributed by atoms with Crippen molar-refractivity contribution in [2.75, 3.05) is 11.1 Å². The van der Waals surface area contributed by atoms with Crippen LogP contribution in [-0.4, -0.2) is 0 Å². The zero-order valence-corrected chi connectivity index (χ0v) is 11.9. The van der Waals surface area contributed by atoms with Gasteiger partial charge in [0.25, 0.3) is 0 Å². The highest BCUT2D eigenvalue weighted by atomic mass is 79.9. The summed E-state index contributed by atoms with van der Waals surface area (Å²) >= 11 is 9.13. The largest absolute Gasteiger partial charge is 0.397 e. The average Bonchev–Trinajstić information content (AvgIpc) is 2.29. The summed E-state index contributed by atoms with van der Waals surface area (Å²) in [4.78, 5) is 0. The molecule has 0 amide bonds. The summed E-state index contributed by atoms with van der Waals surface area (Å²) in [5.41, 5.74) is 8.60. The van der Waals surface area contributed by atoms with Crippen LogP contribution in [0, 0.1) is 12.7 Å². The highest BCUT2D eigenvalue weighted by Gasteiger charge is 2.07. The predicted octanol–water partition coefficient (Wildman–Crippen LogP) is 4.88. The fourth-order valence-corrected chi connectivity index (χ4v) is 2.22. The third kappa shape index (κ3) is 2.76. The summed E-state index contributed by atoms with van der Waals surface area (Å²) in [6, 6.07) is 8.49. The molecule has 0 unspecified atom stereocenters. The van der Waals surface area contributed by atoms with Gasteiger partial charge in [-0.1, -0.05) is 27.5 Å². The Morgan fingerprint density at radius 2 is 1.94 bits per heavy atom. The van der Waals surface area contributed by atoms with Crippen LogP contribution in [0.25, 0.3) is 0 Å². The van der Waals surface area contributed by atoms with Gasteiger partial charge in [0, 0.05) is 16.2 Å². The summed E-state index contributed by atoms with van der Waals surface area (Å²) in [6.07, 6.45) is 0. The molecule has 0 aromatic heterocycles. The topological polar surface area (TPSA) is 38.0 Å². The van der Waals surface area contributed by atoms with Crippen molar-refractivity contribution < 1.29 is 4.39 Å². The number of halogens is 3. The van der Waals surface area contributed by atoms with Gasteiger partial charge in [-0.25, -0.2) is 4.39 Å². The van der Waals surface area contributed by atoms with E-state index >= 15 is 0 Å². The number of nitrogens with two attached hydrogens (primary N) is 1. The number of nitrogen functional groups attached to an aromatic ring is 1. The van der Waals surface area contributed by atoms with E-state index in [1.807, 2.05) is 25.1 Å². The van der Waals surface area contributed by atoms with Crippen molar-refractivity contribution in [1.29, 1.82) is 0 Å². The molecule has 0 bridgehead atoms. The monoisotopic (exact) mass is 328 g/mol. The first-order valence-corrected chi connectivity index (χ1v) is 6.42. The molecule has 0 aliphatic heterocycles. The van der Waals surface area contributed by atoms with E-state index in [0.29, 0.717) is 11.4 Å². The Kier molecular flexibility index (Phi) is 3.78. The van der Waals surface area contributed by atoms with E-state index in [9.17, 15) is 4.39 Å². The minimum absolute atomic E-state index is 0.0430. The number of rotatable bonds is 2. The average molecular weight is 330 g/mol. The standard InChI is InChI=1S/C13H11BrClFN2/c1-7-4-8(14)2-3-12(7)18-13-5-9(15)10(16)6-11(13)17/h2-6,18H,17H2,1H3. The number of hydrogen-bond donors (Lipinski definition) is 2. The van der Waals surface area contributed by atoms with E-state index < -0.39 is 5.82 Å². The van der Waals surface area contributed by atoms with E-state index in [1.165, 1.54) is 12.1 Å². The molecule has 2 aromatic rings. The molecule has 0 heterocycles. The maximum Gasteiger partial charge on any atom is 0.143 e. The lowest BCUT2D eigenvalue weighted by atomic mass is 10.2. The lowest BCUT2D eigenvalue weighted by molar-refractivity contribution is 0.629. The maximum absolute atomic E-state index is 13.2. The zero-order valence-electron chi connectivity index (χ0n) is 9.60. The summed E-state index contributed by atoms with van der Waals surface area (Å²) < 4.78 is 14.2. The molecule has 2 rings (SSSR count). The molecule has 5 heteroatoms. The molecule has 0 saturated heterocycles. The summed E-state index contributed by atoms with van der Waals surface area (Å²) in [6.45, 7) is 1.97. The van der Waals surface area contributed by atoms with Gasteiger partial charge in [-0.3, -0.25) is 0 Å². The van der Waals surface area contributed by atoms with Crippen LogP contribution in [0.1, 0.15) is 5.56 Å². The van der Waals surface area contributed by atoms with Crippen LogP contribution in [-0.2, 0) is 0 Å². The van der Waals surface area contributed by atoms with Crippen LogP contribution in [0.3, 0.4) is 0 Å². The van der Waals surface area contributed by atoms with Crippen LogP contribution in [0.2, 0.25) is 5.02 Å². The smallest absolute Gasteiger partial charge is 0.143 e. The Labute approximate surface area is 118 Å². The summed E-state index contributed by atoms with van der Waals surface area (Å²) in [5, 5.41) is 3.18. The minimum Gasteiger partial charge on any atom is -0.397 e. The van der Waals surface area contributed by atoms with E-state index in [4.69, 9.17) is 17.3 Å². The van der Waals surface area contributed by atoms with Gasteiger partial charge < -0.3 is 11.1 Å². The molecule has 0 atom stereocenters. The zero-order chi connectivity index (χ0) is 13.3. The normalized spacial score (nSPS) is 10.4. The summed E-state index contributed by atoms with van der Waals surface area (Å²) in [7, 11) is 0. The molecular weight excluding hydrogens is 319 g/mol. The fourth-order valence-electron chi connectivity index (χ4n) is 1.58. The van der Waals surface area contributed by atoms with Crippen molar-refractivity contribution >= 4 is 44.6 Å². The first-order valence-electron chi connectivity index (χ1n) is 5.25. The molecule has 2 nitrogen and oxygen atoms in total. The Morgan fingerprint density at radius 1 is 1.22 bits per heavy atom. The van der Waals surface area contributed by atoms with Gasteiger partial charge in [0.15, 0.2) is 0 Å². The fraction of sp³-hybridized carbons (Fsp3) is 0.0769. The van der Waals surface area contributed by atoms with Crippen LogP contribution >= 0.6 is 27.5 Å². The SMILES string of the molecule is Cc1cc(Br)ccc1Nc1cc(Cl)c(F)cc1N. The van der Waals surface area contributed by atoms with Gasteiger partial charge in [0.05, 0.1) is 16.4 Å². The van der Waals surface area contributed by atoms with Gasteiger partial charge in [-0.2, -0.15) is 0 Å². The highest BCUT2D eigenvalue weighted by Crippen LogP contribution is 2.30. The Balaban J connectivity index is 2.37. The number of anilines is 3. The molecule has 18 heavy (non-hydrogen) atoms. The van der Waals surface area contributed by atoms with Crippen LogP contribution < -0.4 is 11.1 Å². The van der Waals surface area contributed by atoms with Gasteiger partial charge in [0.1, 0.15) is 5.82 Å². The Hall–Kier alpha value is -1.26. The van der Waals surface area contributed by atoms with Crippen molar-refractivity contribution in [3.05, 3.63) is 51.2 Å². The van der Waals surface area contributed by atoms with Crippen LogP contribution in [0.4, 0.5) is 21.5 Å². The predicted molar refractivity (Wildman–Crippen MR) is 78.0 cm³/mol. The van der Waals surface area contributed by atoms with Gasteiger partial charge in [-0.15, -0.1) is 0 Å². The second-order valence-corrected chi connectivity index (χ2v) is 5.26. The molecule has 0 aliphatic carbocycles. The third-order valence-electron chi connectivity index (χ3n) is 2.55. The van der Waals surface area contributed by atoms with Gasteiger partial charge in [-0.05, 0) is 36.8 Å². The molecule has 94 valence electrons. The van der Waals surface area contributed by atoms with E-state index in [-0.39, 0.29) is 5.02 Å². The van der Waals surface area contributed by atoms with Crippen molar-refractivity contribution in [3.63, 3.8) is 0 Å². The molecular formula is C13H11BrClFN2.